The van der Waals surface area contributed by atoms with Gasteiger partial charge in [0.05, 0.1) is 0 Å². The highest BCUT2D eigenvalue weighted by atomic mass is 16.3. The van der Waals surface area contributed by atoms with Gasteiger partial charge in [0, 0.05) is 0 Å². The smallest absolute Gasteiger partial charge is 0.311 e. The Morgan fingerprint density at radius 1 is 2.00 bits per heavy atom. The molecule has 3 nitrogen and oxygen atoms in total. The lowest BCUT2D eigenvalue weighted by atomic mass is 10.4. The molecule has 0 spiro atoms. The fraction of sp³-hybridized carbons (Fsp3) is 0.750. The van der Waals surface area contributed by atoms with E-state index in [1.807, 2.05) is 5.32 Å². The van der Waals surface area contributed by atoms with E-state index in [0.29, 0.717) is 6.42 Å². The van der Waals surface area contributed by atoms with Crippen LogP contribution in [0.15, 0.2) is 0 Å². The largest absolute Gasteiger partial charge is 0.374 e. The highest BCUT2D eigenvalue weighted by Crippen LogP contribution is 1.78. The number of hydrogen-bond acceptors (Lipinski definition) is 2. The molecule has 0 fully saturated rings. The number of hydrogen-bond donors (Lipinski definition) is 2. The summed E-state index contributed by atoms with van der Waals surface area (Å²) < 4.78 is 0. The van der Waals surface area contributed by atoms with Gasteiger partial charge in [-0.3, -0.25) is 4.79 Å². The maximum Gasteiger partial charge on any atom is 0.311 e. The zero-order valence-electron chi connectivity index (χ0n) is 4.14. The van der Waals surface area contributed by atoms with Crippen molar-refractivity contribution in [3.05, 3.63) is 0 Å². The van der Waals surface area contributed by atoms with E-state index < -0.39 is 6.23 Å². The predicted octanol–water partition coefficient (Wildman–Crippen LogP) is -0.628. The molecule has 0 heterocycles. The molecule has 3 heteroatoms. The Kier molecular flexibility index (Phi) is 3.32. The second-order valence-corrected chi connectivity index (χ2v) is 1.17. The summed E-state index contributed by atoms with van der Waals surface area (Å²) in [5, 5.41) is 10.5. The van der Waals surface area contributed by atoms with Gasteiger partial charge in [0.2, 0.25) is 0 Å². The minimum absolute atomic E-state index is 0.523. The third-order valence-electron chi connectivity index (χ3n) is 0.612. The van der Waals surface area contributed by atoms with E-state index in [2.05, 4.69) is 0 Å². The molecule has 0 saturated carbocycles. The zero-order chi connectivity index (χ0) is 5.70. The first kappa shape index (κ1) is 6.43. The molecular weight excluding hydrogens is 94.0 g/mol. The van der Waals surface area contributed by atoms with Crippen LogP contribution >= 0.6 is 0 Å². The highest BCUT2D eigenvalue weighted by molar-refractivity contribution is 5.47. The van der Waals surface area contributed by atoms with Gasteiger partial charge in [-0.1, -0.05) is 6.92 Å². The van der Waals surface area contributed by atoms with Crippen molar-refractivity contribution in [2.75, 3.05) is 0 Å². The van der Waals surface area contributed by atoms with Crippen molar-refractivity contribution in [3.63, 3.8) is 0 Å². The van der Waals surface area contributed by atoms with Gasteiger partial charge in [-0.15, -0.1) is 0 Å². The molecule has 0 saturated heterocycles. The lowest BCUT2D eigenvalue weighted by Crippen LogP contribution is -2.25. The van der Waals surface area contributed by atoms with Gasteiger partial charge >= 0.3 is 6.41 Å². The Morgan fingerprint density at radius 2 is 2.57 bits per heavy atom. The van der Waals surface area contributed by atoms with E-state index in [9.17, 15) is 4.79 Å². The molecule has 0 rings (SSSR count). The van der Waals surface area contributed by atoms with E-state index in [1.54, 1.807) is 6.92 Å². The minimum atomic E-state index is -0.725. The topological polar surface area (TPSA) is 49.3 Å². The van der Waals surface area contributed by atoms with E-state index in [1.165, 1.54) is 6.41 Å². The van der Waals surface area contributed by atoms with Crippen molar-refractivity contribution < 1.29 is 9.90 Å². The van der Waals surface area contributed by atoms with Gasteiger partial charge in [0.25, 0.3) is 0 Å². The molecular formula is C4H8NO2. The van der Waals surface area contributed by atoms with Crippen LogP contribution in [0.3, 0.4) is 0 Å². The Bertz CT molecular complexity index is 55.7. The molecule has 0 aliphatic heterocycles. The predicted molar refractivity (Wildman–Crippen MR) is 25.1 cm³/mol. The Hall–Kier alpha value is -0.570. The lowest BCUT2D eigenvalue weighted by molar-refractivity contribution is 0.154. The van der Waals surface area contributed by atoms with Gasteiger partial charge in [0.15, 0.2) is 0 Å². The van der Waals surface area contributed by atoms with E-state index in [4.69, 9.17) is 5.11 Å². The quantitative estimate of drug-likeness (QED) is 0.368. The second kappa shape index (κ2) is 3.61. The van der Waals surface area contributed by atoms with Crippen molar-refractivity contribution in [1.82, 2.24) is 5.32 Å². The number of aliphatic hydroxyl groups is 1. The maximum absolute atomic E-state index is 9.38. The molecule has 0 aromatic carbocycles. The average molecular weight is 102 g/mol. The van der Waals surface area contributed by atoms with Crippen molar-refractivity contribution in [3.8, 4) is 0 Å². The number of nitrogens with one attached hydrogen (secondary N) is 1. The van der Waals surface area contributed by atoms with Crippen LogP contribution < -0.4 is 5.32 Å². The fourth-order valence-corrected chi connectivity index (χ4v) is 0.170. The van der Waals surface area contributed by atoms with Gasteiger partial charge in [-0.05, 0) is 6.42 Å². The van der Waals surface area contributed by atoms with E-state index >= 15 is 0 Å². The highest BCUT2D eigenvalue weighted by Gasteiger charge is 1.92. The molecule has 2 N–H and O–H groups in total. The average Bonchev–Trinajstić information content (AvgIpc) is 1.68. The monoisotopic (exact) mass is 102 g/mol. The van der Waals surface area contributed by atoms with Gasteiger partial charge in [0.1, 0.15) is 6.23 Å². The van der Waals surface area contributed by atoms with Gasteiger partial charge < -0.3 is 10.4 Å². The molecule has 7 heavy (non-hydrogen) atoms. The van der Waals surface area contributed by atoms with Crippen LogP contribution in [-0.4, -0.2) is 17.7 Å². The third-order valence-corrected chi connectivity index (χ3v) is 0.612. The second-order valence-electron chi connectivity index (χ2n) is 1.17. The first-order valence-electron chi connectivity index (χ1n) is 2.12. The van der Waals surface area contributed by atoms with Gasteiger partial charge in [-0.25, -0.2) is 0 Å². The first-order valence-corrected chi connectivity index (χ1v) is 2.12. The molecule has 1 radical (unpaired) electrons. The van der Waals surface area contributed by atoms with Crippen LogP contribution in [0.4, 0.5) is 0 Å². The van der Waals surface area contributed by atoms with Crippen LogP contribution in [0.25, 0.3) is 0 Å². The normalized spacial score (nSPS) is 12.9. The minimum Gasteiger partial charge on any atom is -0.374 e. The number of aliphatic hydroxyl groups excluding tert-OH is 1. The molecule has 1 unspecified atom stereocenters. The van der Waals surface area contributed by atoms with Crippen LogP contribution in [-0.2, 0) is 4.79 Å². The molecule has 0 aliphatic carbocycles. The summed E-state index contributed by atoms with van der Waals surface area (Å²) in [4.78, 5) is 9.38. The van der Waals surface area contributed by atoms with Crippen molar-refractivity contribution in [1.29, 1.82) is 0 Å². The number of rotatable bonds is 3. The van der Waals surface area contributed by atoms with Crippen molar-refractivity contribution in [2.24, 2.45) is 0 Å². The summed E-state index contributed by atoms with van der Waals surface area (Å²) in [7, 11) is 0. The van der Waals surface area contributed by atoms with Gasteiger partial charge in [-0.2, -0.15) is 0 Å². The molecule has 41 valence electrons. The number of carbonyl (C=O) groups excluding carboxylic acids is 1. The first-order chi connectivity index (χ1) is 3.31. The summed E-state index contributed by atoms with van der Waals surface area (Å²) in [5.41, 5.74) is 0. The van der Waals surface area contributed by atoms with Crippen molar-refractivity contribution in [2.45, 2.75) is 19.6 Å². The SMILES string of the molecule is CCC(O)N[C]=O. The van der Waals surface area contributed by atoms with Crippen LogP contribution in [0.5, 0.6) is 0 Å². The Labute approximate surface area is 42.3 Å². The summed E-state index contributed by atoms with van der Waals surface area (Å²) >= 11 is 0. The van der Waals surface area contributed by atoms with E-state index in [0.717, 1.165) is 0 Å². The number of amides is 1. The lowest BCUT2D eigenvalue weighted by Gasteiger charge is -2.00. The Morgan fingerprint density at radius 3 is 2.71 bits per heavy atom. The Balaban J connectivity index is 2.98. The summed E-state index contributed by atoms with van der Waals surface area (Å²) in [6, 6.07) is 0. The maximum atomic E-state index is 9.38. The third kappa shape index (κ3) is 3.26. The molecule has 0 aliphatic rings. The molecule has 0 aromatic rings. The van der Waals surface area contributed by atoms with Crippen LogP contribution in [0, 0.1) is 0 Å². The summed E-state index contributed by atoms with van der Waals surface area (Å²) in [6.07, 6.45) is 1.17. The molecule has 0 bridgehead atoms. The zero-order valence-corrected chi connectivity index (χ0v) is 4.14. The van der Waals surface area contributed by atoms with E-state index in [-0.39, 0.29) is 0 Å². The van der Waals surface area contributed by atoms with Crippen molar-refractivity contribution >= 4 is 6.41 Å². The van der Waals surface area contributed by atoms with Crippen LogP contribution in [0.1, 0.15) is 13.3 Å². The molecule has 0 aromatic heterocycles. The summed E-state index contributed by atoms with van der Waals surface area (Å²) in [6.45, 7) is 1.76. The summed E-state index contributed by atoms with van der Waals surface area (Å²) in [5.74, 6) is 0. The van der Waals surface area contributed by atoms with Crippen LogP contribution in [0.2, 0.25) is 0 Å². The fourth-order valence-electron chi connectivity index (χ4n) is 0.170. The standard InChI is InChI=1S/C4H8NO2/c1-2-4(7)5-3-6/h4,7H,2H2,1H3,(H,5,6). The molecule has 1 amide bonds. The molecule has 1 atom stereocenters.